The van der Waals surface area contributed by atoms with Crippen LogP contribution in [0, 0.1) is 0 Å². The first-order chi connectivity index (χ1) is 21.5. The van der Waals surface area contributed by atoms with Gasteiger partial charge in [-0.05, 0) is 0 Å². The number of fused-ring (bicyclic) bond motifs is 8. The van der Waals surface area contributed by atoms with Crippen LogP contribution in [0.2, 0.25) is 3.63 Å². The first-order valence-electron chi connectivity index (χ1n) is 14.9. The summed E-state index contributed by atoms with van der Waals surface area (Å²) in [5.41, 5.74) is 6.33. The van der Waals surface area contributed by atoms with Crippen molar-refractivity contribution in [2.75, 3.05) is 0 Å². The fourth-order valence-corrected chi connectivity index (χ4v) is 15.4. The summed E-state index contributed by atoms with van der Waals surface area (Å²) >= 11 is -3.13. The van der Waals surface area contributed by atoms with Gasteiger partial charge in [0.2, 0.25) is 0 Å². The molecule has 0 atom stereocenters. The maximum absolute atomic E-state index is 14.1. The van der Waals surface area contributed by atoms with E-state index in [1.165, 1.54) is 59.2 Å². The number of benzene rings is 6. The molecule has 46 heavy (non-hydrogen) atoms. The smallest absolute Gasteiger partial charge is 1.00 e. The predicted octanol–water partition coefficient (Wildman–Crippen LogP) is 4.02. The predicted molar refractivity (Wildman–Crippen MR) is 172 cm³/mol. The molecule has 0 amide bonds. The first kappa shape index (κ1) is 32.4. The summed E-state index contributed by atoms with van der Waals surface area (Å²) in [5, 5.41) is 5.00. The Labute approximate surface area is 286 Å². The summed E-state index contributed by atoms with van der Waals surface area (Å²) in [6, 6.07) is 40.1. The fraction of sp³-hybridized carbons (Fsp3) is 0.0750. The number of alkyl halides is 3. The van der Waals surface area contributed by atoms with Gasteiger partial charge in [0.05, 0.1) is 0 Å². The molecular formula is C40H27Cl2F3Zr. The summed E-state index contributed by atoms with van der Waals surface area (Å²) in [6.45, 7) is 0. The van der Waals surface area contributed by atoms with Crippen molar-refractivity contribution in [3.05, 3.63) is 173 Å². The molecule has 0 aliphatic heterocycles. The van der Waals surface area contributed by atoms with Gasteiger partial charge in [-0.25, -0.2) is 0 Å². The van der Waals surface area contributed by atoms with Crippen LogP contribution >= 0.6 is 0 Å². The monoisotopic (exact) mass is 724 g/mol. The van der Waals surface area contributed by atoms with Crippen LogP contribution in [0.5, 0.6) is 0 Å². The minimum absolute atomic E-state index is 0. The summed E-state index contributed by atoms with van der Waals surface area (Å²) < 4.78 is 44.8. The molecule has 0 fully saturated rings. The molecule has 8 rings (SSSR count). The molecule has 6 aromatic rings. The zero-order valence-electron chi connectivity index (χ0n) is 24.5. The maximum atomic E-state index is 14.1. The molecular weight excluding hydrogens is 700 g/mol. The minimum Gasteiger partial charge on any atom is -1.00 e. The van der Waals surface area contributed by atoms with Gasteiger partial charge >= 0.3 is 263 Å². The van der Waals surface area contributed by atoms with Crippen LogP contribution in [-0.2, 0) is 33.9 Å². The van der Waals surface area contributed by atoms with Gasteiger partial charge in [-0.1, -0.05) is 0 Å². The summed E-state index contributed by atoms with van der Waals surface area (Å²) in [6.07, 6.45) is 5.16. The van der Waals surface area contributed by atoms with E-state index in [9.17, 15) is 13.2 Å². The van der Waals surface area contributed by atoms with Crippen molar-refractivity contribution in [2.45, 2.75) is 16.2 Å². The molecule has 0 saturated heterocycles. The molecule has 0 spiro atoms. The summed E-state index contributed by atoms with van der Waals surface area (Å²) in [4.78, 5) is 0. The number of allylic oxidation sites excluding steroid dienone is 4. The standard InChI is InChI=1S/C21H13.C14H9F3.C5H5.2ClH.Zr/c1-2-8-15-14(7-1)13-20-18-11-4-3-9-16(18)17-10-5-6-12-19(17)21(15)20;15-14(16,17)13-8-4-7-12(10-13)9-11-5-2-1-3-6-11;1-2-4-5-3-1;;;/h1-10,12H,13H2;1-8,10H;1-5H;2*1H;/q;;;;;+2/p-2. The topological polar surface area (TPSA) is 0 Å². The van der Waals surface area contributed by atoms with Crippen LogP contribution in [-0.4, -0.2) is 3.21 Å². The molecule has 0 saturated carbocycles. The van der Waals surface area contributed by atoms with Gasteiger partial charge in [0, 0.05) is 0 Å². The van der Waals surface area contributed by atoms with Gasteiger partial charge in [-0.2, -0.15) is 0 Å². The number of halogens is 5. The zero-order chi connectivity index (χ0) is 29.8. The largest absolute Gasteiger partial charge is 1.00 e. The van der Waals surface area contributed by atoms with E-state index < -0.39 is 33.0 Å². The average Bonchev–Trinajstić information content (AvgIpc) is 3.72. The Morgan fingerprint density at radius 2 is 1.26 bits per heavy atom. The molecule has 2 aliphatic carbocycles. The third kappa shape index (κ3) is 5.45. The van der Waals surface area contributed by atoms with Crippen molar-refractivity contribution in [3.63, 3.8) is 0 Å². The Bertz CT molecular complexity index is 2190. The molecule has 0 bridgehead atoms. The Balaban J connectivity index is 0.00000186. The second-order valence-electron chi connectivity index (χ2n) is 11.5. The zero-order valence-corrected chi connectivity index (χ0v) is 28.5. The molecule has 0 heterocycles. The number of rotatable bonds is 4. The maximum Gasteiger partial charge on any atom is -1.00 e. The van der Waals surface area contributed by atoms with Gasteiger partial charge in [-0.3, -0.25) is 0 Å². The van der Waals surface area contributed by atoms with Crippen LogP contribution in [0.25, 0.3) is 32.7 Å². The summed E-state index contributed by atoms with van der Waals surface area (Å²) in [5.74, 6) is 0. The second-order valence-corrected chi connectivity index (χ2v) is 17.7. The number of hydrogen-bond acceptors (Lipinski definition) is 0. The third-order valence-corrected chi connectivity index (χ3v) is 16.8. The SMILES string of the molecule is FC(F)(F)c1cccc([C](c2ccccc2)=[Zr+2]([c]2cccc3c2c2c(c4ccccc43)-c3ccccc3C2)[CH]2C=CC=C2)c1.[Cl-].[Cl-]. The molecule has 0 radical (unpaired) electrons. The van der Waals surface area contributed by atoms with Crippen molar-refractivity contribution in [3.8, 4) is 11.1 Å². The molecule has 226 valence electrons. The van der Waals surface area contributed by atoms with E-state index in [2.05, 4.69) is 103 Å². The van der Waals surface area contributed by atoms with Crippen LogP contribution < -0.4 is 28.1 Å². The van der Waals surface area contributed by atoms with E-state index in [0.717, 1.165) is 15.2 Å². The molecule has 6 aromatic carbocycles. The van der Waals surface area contributed by atoms with Crippen molar-refractivity contribution in [1.29, 1.82) is 0 Å². The summed E-state index contributed by atoms with van der Waals surface area (Å²) in [7, 11) is 0. The Morgan fingerprint density at radius 3 is 2.02 bits per heavy atom. The Morgan fingerprint density at radius 1 is 0.630 bits per heavy atom. The second kappa shape index (κ2) is 12.9. The Hall–Kier alpha value is -3.56. The molecule has 0 N–H and O–H groups in total. The van der Waals surface area contributed by atoms with E-state index >= 15 is 0 Å². The van der Waals surface area contributed by atoms with E-state index in [1.54, 1.807) is 6.07 Å². The van der Waals surface area contributed by atoms with E-state index in [1.807, 2.05) is 24.3 Å². The quantitative estimate of drug-likeness (QED) is 0.241. The third-order valence-electron chi connectivity index (χ3n) is 8.99. The molecule has 0 unspecified atom stereocenters. The molecule has 2 aliphatic rings. The number of hydrogen-bond donors (Lipinski definition) is 0. The first-order valence-corrected chi connectivity index (χ1v) is 18.7. The van der Waals surface area contributed by atoms with Crippen molar-refractivity contribution in [2.24, 2.45) is 0 Å². The van der Waals surface area contributed by atoms with Crippen molar-refractivity contribution >= 4 is 28.0 Å². The average molecular weight is 727 g/mol. The van der Waals surface area contributed by atoms with Crippen molar-refractivity contribution < 1.29 is 59.3 Å². The molecule has 0 nitrogen and oxygen atoms in total. The van der Waals surface area contributed by atoms with E-state index in [4.69, 9.17) is 0 Å². The molecule has 6 heteroatoms. The Kier molecular flexibility index (Phi) is 9.09. The van der Waals surface area contributed by atoms with Gasteiger partial charge in [0.15, 0.2) is 0 Å². The van der Waals surface area contributed by atoms with E-state index in [0.29, 0.717) is 5.56 Å². The fourth-order valence-electron chi connectivity index (χ4n) is 7.18. The normalized spacial score (nSPS) is 13.7. The van der Waals surface area contributed by atoms with Crippen LogP contribution in [0.3, 0.4) is 0 Å². The minimum atomic E-state index is -4.42. The molecule has 0 aromatic heterocycles. The van der Waals surface area contributed by atoms with Gasteiger partial charge in [0.25, 0.3) is 0 Å². The van der Waals surface area contributed by atoms with Crippen LogP contribution in [0.1, 0.15) is 27.8 Å². The van der Waals surface area contributed by atoms with Crippen molar-refractivity contribution in [1.82, 2.24) is 0 Å². The van der Waals surface area contributed by atoms with E-state index in [-0.39, 0.29) is 28.4 Å². The van der Waals surface area contributed by atoms with Crippen LogP contribution in [0.15, 0.2) is 146 Å². The van der Waals surface area contributed by atoms with Crippen LogP contribution in [0.4, 0.5) is 13.2 Å². The van der Waals surface area contributed by atoms with Gasteiger partial charge in [0.1, 0.15) is 0 Å². The van der Waals surface area contributed by atoms with Gasteiger partial charge in [-0.15, -0.1) is 0 Å². The van der Waals surface area contributed by atoms with Gasteiger partial charge < -0.3 is 24.8 Å².